The highest BCUT2D eigenvalue weighted by molar-refractivity contribution is 7.90. The molecular weight excluding hydrogens is 333 g/mol. The Balaban J connectivity index is 3.16. The van der Waals surface area contributed by atoms with Crippen molar-refractivity contribution in [3.8, 4) is 5.75 Å². The highest BCUT2D eigenvalue weighted by Crippen LogP contribution is 2.34. The van der Waals surface area contributed by atoms with E-state index in [1.807, 2.05) is 0 Å². The van der Waals surface area contributed by atoms with Crippen LogP contribution in [0.25, 0.3) is 0 Å². The Kier molecular flexibility index (Phi) is 5.95. The number of hydrogen-bond donors (Lipinski definition) is 2. The number of primary amides is 1. The third-order valence-electron chi connectivity index (χ3n) is 2.81. The van der Waals surface area contributed by atoms with Crippen molar-refractivity contribution in [1.29, 1.82) is 0 Å². The topological polar surface area (TPSA) is 87.4 Å². The first-order valence-corrected chi connectivity index (χ1v) is 7.83. The summed E-state index contributed by atoms with van der Waals surface area (Å²) in [7, 11) is 0. The zero-order chi connectivity index (χ0) is 18.0. The number of benzene rings is 1. The zero-order valence-corrected chi connectivity index (χ0v) is 14.0. The standard InChI is InChI=1S/C14H19F3N2O3S/c1-8(19-23(21)13(2,3)4)9-5-10(14(15,16)17)7-11(6-9)22-12(18)20/h5-8,19H,1-4H3,(H2,18,20)/t8-,23+/m1/s1. The van der Waals surface area contributed by atoms with Gasteiger partial charge in [0.1, 0.15) is 10.5 Å². The molecule has 1 aromatic rings. The highest BCUT2D eigenvalue weighted by Gasteiger charge is 2.33. The third kappa shape index (κ3) is 5.92. The lowest BCUT2D eigenvalue weighted by atomic mass is 10.0. The minimum Gasteiger partial charge on any atom is -0.598 e. The number of amides is 1. The molecule has 5 nitrogen and oxygen atoms in total. The summed E-state index contributed by atoms with van der Waals surface area (Å²) in [5, 5.41) is 0. The Morgan fingerprint density at radius 1 is 1.30 bits per heavy atom. The van der Waals surface area contributed by atoms with Gasteiger partial charge in [-0.15, -0.1) is 4.72 Å². The summed E-state index contributed by atoms with van der Waals surface area (Å²) in [6, 6.07) is 2.18. The van der Waals surface area contributed by atoms with Crippen molar-refractivity contribution in [2.24, 2.45) is 5.73 Å². The van der Waals surface area contributed by atoms with E-state index in [2.05, 4.69) is 9.46 Å². The minimum absolute atomic E-state index is 0.175. The average molecular weight is 352 g/mol. The Morgan fingerprint density at radius 2 is 1.87 bits per heavy atom. The molecule has 0 aliphatic rings. The number of ether oxygens (including phenoxy) is 1. The Labute approximate surface area is 135 Å². The first-order chi connectivity index (χ1) is 10.3. The van der Waals surface area contributed by atoms with E-state index in [4.69, 9.17) is 5.73 Å². The molecule has 3 N–H and O–H groups in total. The summed E-state index contributed by atoms with van der Waals surface area (Å²) < 4.78 is 57.6. The molecule has 130 valence electrons. The molecule has 1 aromatic carbocycles. The van der Waals surface area contributed by atoms with Crippen LogP contribution in [0.15, 0.2) is 18.2 Å². The van der Waals surface area contributed by atoms with Gasteiger partial charge in [0.05, 0.1) is 11.6 Å². The van der Waals surface area contributed by atoms with Gasteiger partial charge in [-0.3, -0.25) is 0 Å². The maximum Gasteiger partial charge on any atom is 0.416 e. The molecule has 1 amide bonds. The Morgan fingerprint density at radius 3 is 2.30 bits per heavy atom. The molecule has 0 spiro atoms. The van der Waals surface area contributed by atoms with Crippen LogP contribution < -0.4 is 15.2 Å². The number of nitrogens with one attached hydrogen (secondary N) is 1. The SMILES string of the molecule is C[C@@H](N[S@@+]([O-])C(C)(C)C)c1cc(OC(N)=O)cc(C(F)(F)F)c1. The van der Waals surface area contributed by atoms with Crippen molar-refractivity contribution in [2.45, 2.75) is 44.7 Å². The van der Waals surface area contributed by atoms with Gasteiger partial charge >= 0.3 is 12.3 Å². The maximum atomic E-state index is 12.9. The fraction of sp³-hybridized carbons (Fsp3) is 0.500. The molecule has 0 saturated carbocycles. The van der Waals surface area contributed by atoms with Crippen LogP contribution in [0.3, 0.4) is 0 Å². The molecule has 23 heavy (non-hydrogen) atoms. The van der Waals surface area contributed by atoms with Crippen molar-refractivity contribution in [3.63, 3.8) is 0 Å². The van der Waals surface area contributed by atoms with Gasteiger partial charge in [-0.05, 0) is 51.5 Å². The van der Waals surface area contributed by atoms with E-state index >= 15 is 0 Å². The molecule has 0 bridgehead atoms. The van der Waals surface area contributed by atoms with E-state index in [-0.39, 0.29) is 11.3 Å². The van der Waals surface area contributed by atoms with E-state index in [1.54, 1.807) is 27.7 Å². The van der Waals surface area contributed by atoms with E-state index in [1.165, 1.54) is 6.07 Å². The number of nitrogens with two attached hydrogens (primary N) is 1. The van der Waals surface area contributed by atoms with Gasteiger partial charge < -0.3 is 15.0 Å². The predicted octanol–water partition coefficient (Wildman–Crippen LogP) is 3.28. The van der Waals surface area contributed by atoms with Gasteiger partial charge in [0.2, 0.25) is 0 Å². The lowest BCUT2D eigenvalue weighted by Gasteiger charge is -2.27. The number of alkyl halides is 3. The summed E-state index contributed by atoms with van der Waals surface area (Å²) >= 11 is -1.48. The van der Waals surface area contributed by atoms with Gasteiger partial charge in [0.25, 0.3) is 0 Å². The van der Waals surface area contributed by atoms with E-state index < -0.39 is 40.0 Å². The Bertz CT molecular complexity index is 573. The van der Waals surface area contributed by atoms with Crippen LogP contribution >= 0.6 is 0 Å². The third-order valence-corrected chi connectivity index (χ3v) is 4.49. The number of hydrogen-bond acceptors (Lipinski definition) is 4. The molecule has 2 atom stereocenters. The van der Waals surface area contributed by atoms with E-state index in [0.717, 1.165) is 6.07 Å². The largest absolute Gasteiger partial charge is 0.598 e. The number of halogens is 3. The summed E-state index contributed by atoms with van der Waals surface area (Å²) in [4.78, 5) is 10.8. The molecular formula is C14H19F3N2O3S. The monoisotopic (exact) mass is 352 g/mol. The number of carbonyl (C=O) groups excluding carboxylic acids is 1. The summed E-state index contributed by atoms with van der Waals surface area (Å²) in [5.41, 5.74) is 4.03. The maximum absolute atomic E-state index is 12.9. The van der Waals surface area contributed by atoms with Gasteiger partial charge in [0.15, 0.2) is 0 Å². The lowest BCUT2D eigenvalue weighted by molar-refractivity contribution is -0.137. The normalized spacial score (nSPS) is 15.1. The predicted molar refractivity (Wildman–Crippen MR) is 81.1 cm³/mol. The molecule has 0 unspecified atom stereocenters. The zero-order valence-electron chi connectivity index (χ0n) is 13.2. The molecule has 0 heterocycles. The average Bonchev–Trinajstić information content (AvgIpc) is 2.35. The molecule has 0 aromatic heterocycles. The molecule has 0 fully saturated rings. The van der Waals surface area contributed by atoms with Crippen molar-refractivity contribution in [2.75, 3.05) is 0 Å². The summed E-state index contributed by atoms with van der Waals surface area (Å²) in [6.45, 7) is 6.76. The number of rotatable bonds is 4. The van der Waals surface area contributed by atoms with Gasteiger partial charge in [-0.2, -0.15) is 13.2 Å². The van der Waals surface area contributed by atoms with Crippen LogP contribution in [-0.2, 0) is 17.5 Å². The molecule has 1 rings (SSSR count). The summed E-state index contributed by atoms with van der Waals surface area (Å²) in [6.07, 6.45) is -5.83. The van der Waals surface area contributed by atoms with Gasteiger partial charge in [0, 0.05) is 11.4 Å². The highest BCUT2D eigenvalue weighted by atomic mass is 32.2. The Hall–Kier alpha value is -1.45. The second-order valence-electron chi connectivity index (χ2n) is 5.93. The van der Waals surface area contributed by atoms with E-state index in [0.29, 0.717) is 6.07 Å². The lowest BCUT2D eigenvalue weighted by Crippen LogP contribution is -2.40. The first kappa shape index (κ1) is 19.6. The van der Waals surface area contributed by atoms with Crippen LogP contribution in [0.1, 0.15) is 44.9 Å². The van der Waals surface area contributed by atoms with Crippen LogP contribution in [0.5, 0.6) is 5.75 Å². The van der Waals surface area contributed by atoms with E-state index in [9.17, 15) is 22.5 Å². The second-order valence-corrected chi connectivity index (χ2v) is 7.93. The summed E-state index contributed by atoms with van der Waals surface area (Å²) in [5.74, 6) is -0.322. The quantitative estimate of drug-likeness (QED) is 0.814. The fourth-order valence-electron chi connectivity index (χ4n) is 1.62. The molecule has 9 heteroatoms. The number of carbonyl (C=O) groups is 1. The van der Waals surface area contributed by atoms with Crippen molar-refractivity contribution >= 4 is 17.5 Å². The van der Waals surface area contributed by atoms with Crippen LogP contribution in [0, 0.1) is 0 Å². The van der Waals surface area contributed by atoms with Crippen molar-refractivity contribution in [3.05, 3.63) is 29.3 Å². The van der Waals surface area contributed by atoms with Gasteiger partial charge in [-0.1, -0.05) is 0 Å². The van der Waals surface area contributed by atoms with Gasteiger partial charge in [-0.25, -0.2) is 4.79 Å². The van der Waals surface area contributed by atoms with Crippen molar-refractivity contribution < 1.29 is 27.3 Å². The van der Waals surface area contributed by atoms with Crippen LogP contribution in [-0.4, -0.2) is 15.4 Å². The second kappa shape index (κ2) is 6.98. The minimum atomic E-state index is -4.62. The van der Waals surface area contributed by atoms with Crippen molar-refractivity contribution in [1.82, 2.24) is 4.72 Å². The van der Waals surface area contributed by atoms with Crippen LogP contribution in [0.4, 0.5) is 18.0 Å². The molecule has 0 radical (unpaired) electrons. The van der Waals surface area contributed by atoms with Crippen LogP contribution in [0.2, 0.25) is 0 Å². The molecule has 0 aliphatic carbocycles. The fourth-order valence-corrected chi connectivity index (χ4v) is 2.43. The smallest absolute Gasteiger partial charge is 0.416 e. The molecule has 0 aliphatic heterocycles. The first-order valence-electron chi connectivity index (χ1n) is 6.68. The molecule has 0 saturated heterocycles.